The molecule has 2 fully saturated rings. The van der Waals surface area contributed by atoms with Crippen LogP contribution in [0.1, 0.15) is 47.8 Å². The molecule has 0 aromatic heterocycles. The molecule has 0 N–H and O–H groups in total. The first kappa shape index (κ1) is 29.2. The van der Waals surface area contributed by atoms with Crippen LogP contribution in [-0.2, 0) is 14.9 Å². The van der Waals surface area contributed by atoms with Crippen LogP contribution in [0, 0.1) is 0 Å². The van der Waals surface area contributed by atoms with Gasteiger partial charge in [-0.1, -0.05) is 52.1 Å². The molecular formula is C34H36F2N2O4Si. The average molecular weight is 603 g/mol. The summed E-state index contributed by atoms with van der Waals surface area (Å²) in [4.78, 5) is 26.5. The Morgan fingerprint density at radius 3 is 2.37 bits per heavy atom. The summed E-state index contributed by atoms with van der Waals surface area (Å²) in [6.45, 7) is 11.3. The molecule has 3 aliphatic heterocycles. The van der Waals surface area contributed by atoms with Gasteiger partial charge in [-0.3, -0.25) is 0 Å². The van der Waals surface area contributed by atoms with Crippen LogP contribution < -0.4 is 15.2 Å². The zero-order valence-electron chi connectivity index (χ0n) is 25.4. The van der Waals surface area contributed by atoms with Crippen molar-refractivity contribution >= 4 is 42.2 Å². The second-order valence-electron chi connectivity index (χ2n) is 13.6. The summed E-state index contributed by atoms with van der Waals surface area (Å²) in [5.41, 5.74) is 3.87. The Morgan fingerprint density at radius 1 is 1.07 bits per heavy atom. The fourth-order valence-electron chi connectivity index (χ4n) is 6.59. The van der Waals surface area contributed by atoms with Gasteiger partial charge < -0.3 is 19.5 Å². The minimum atomic E-state index is -2.43. The Balaban J connectivity index is 1.59. The number of esters is 1. The molecule has 9 heteroatoms. The van der Waals surface area contributed by atoms with E-state index in [4.69, 9.17) is 0 Å². The quantitative estimate of drug-likeness (QED) is 0.304. The predicted octanol–water partition coefficient (Wildman–Crippen LogP) is 3.62. The number of methoxy groups -OCH3 is 1. The lowest BCUT2D eigenvalue weighted by molar-refractivity contribution is -0.614. The van der Waals surface area contributed by atoms with E-state index in [0.29, 0.717) is 18.7 Å². The Bertz CT molecular complexity index is 1700. The van der Waals surface area contributed by atoms with Crippen molar-refractivity contribution in [1.82, 2.24) is 0 Å². The molecule has 0 saturated carbocycles. The Morgan fingerprint density at radius 2 is 1.77 bits per heavy atom. The fraction of sp³-hybridized carbons (Fsp3) is 0.382. The average Bonchev–Trinajstić information content (AvgIpc) is 2.92. The molecule has 0 bridgehead atoms. The predicted molar refractivity (Wildman–Crippen MR) is 164 cm³/mol. The van der Waals surface area contributed by atoms with Crippen molar-refractivity contribution in [3.8, 4) is 0 Å². The van der Waals surface area contributed by atoms with Crippen molar-refractivity contribution in [1.29, 1.82) is 0 Å². The summed E-state index contributed by atoms with van der Waals surface area (Å²) in [5.74, 6) is -2.12. The zero-order chi connectivity index (χ0) is 31.1. The van der Waals surface area contributed by atoms with Gasteiger partial charge in [-0.05, 0) is 67.9 Å². The molecule has 224 valence electrons. The van der Waals surface area contributed by atoms with Crippen LogP contribution in [0.4, 0.5) is 14.5 Å². The Labute approximate surface area is 251 Å². The first-order valence-corrected chi connectivity index (χ1v) is 17.6. The lowest BCUT2D eigenvalue weighted by atomic mass is 9.81. The SMILES string of the molecule is COC(=O)C1(F)C[N+](=C2C=CC3=C(c4cc(C(C)(C)C)ccc4C(=O)[O-])c4ccc(N5CC(F)C5)cc4[Si](C)(C)C3=C2)C1. The highest BCUT2D eigenvalue weighted by Gasteiger charge is 2.58. The standard InChI is InChI=1S/C34H36F2N2O4Si/c1-33(2,3)20-7-10-24(31(39)40)27(13-20)30-25-11-8-22(37-16-21(35)17-37)14-28(25)43(5,6)29-15-23(9-12-26(29)30)38-18-34(36,19-38)32(41)42-4/h7-15,21H,16-19H2,1-6H3. The second-order valence-corrected chi connectivity index (χ2v) is 17.9. The first-order valence-electron chi connectivity index (χ1n) is 14.6. The van der Waals surface area contributed by atoms with Gasteiger partial charge in [0.2, 0.25) is 0 Å². The topological polar surface area (TPSA) is 72.7 Å². The number of allylic oxidation sites excluding steroid dienone is 5. The molecule has 2 aromatic carbocycles. The van der Waals surface area contributed by atoms with Crippen molar-refractivity contribution in [2.75, 3.05) is 38.2 Å². The van der Waals surface area contributed by atoms with E-state index in [1.54, 1.807) is 6.07 Å². The van der Waals surface area contributed by atoms with Crippen LogP contribution in [0.15, 0.2) is 65.4 Å². The highest BCUT2D eigenvalue weighted by Crippen LogP contribution is 2.44. The van der Waals surface area contributed by atoms with E-state index in [2.05, 4.69) is 50.7 Å². The summed E-state index contributed by atoms with van der Waals surface area (Å²) >= 11 is 0. The normalized spacial score (nSPS) is 22.8. The fourth-order valence-corrected chi connectivity index (χ4v) is 9.66. The lowest BCUT2D eigenvalue weighted by Crippen LogP contribution is -2.61. The number of carbonyl (C=O) groups is 2. The third-order valence-electron chi connectivity index (χ3n) is 9.27. The first-order chi connectivity index (χ1) is 20.1. The molecule has 6 rings (SSSR count). The van der Waals surface area contributed by atoms with Crippen molar-refractivity contribution < 1.29 is 32.8 Å². The number of halogens is 2. The molecule has 2 saturated heterocycles. The molecule has 0 radical (unpaired) electrons. The van der Waals surface area contributed by atoms with Gasteiger partial charge in [0.25, 0.3) is 0 Å². The molecule has 0 atom stereocenters. The highest BCUT2D eigenvalue weighted by atomic mass is 28.3. The summed E-state index contributed by atoms with van der Waals surface area (Å²) in [7, 11) is -1.24. The number of hydrogen-bond donors (Lipinski definition) is 0. The molecule has 0 unspecified atom stereocenters. The van der Waals surface area contributed by atoms with Gasteiger partial charge in [-0.2, -0.15) is 0 Å². The second kappa shape index (κ2) is 9.84. The monoisotopic (exact) mass is 602 g/mol. The number of alkyl halides is 2. The van der Waals surface area contributed by atoms with Crippen molar-refractivity contribution in [3.63, 3.8) is 0 Å². The van der Waals surface area contributed by atoms with Crippen LogP contribution in [0.25, 0.3) is 5.57 Å². The van der Waals surface area contributed by atoms with Crippen LogP contribution in [0.5, 0.6) is 0 Å². The molecule has 6 nitrogen and oxygen atoms in total. The number of anilines is 1. The molecule has 4 aliphatic rings. The molecular weight excluding hydrogens is 566 g/mol. The third kappa shape index (κ3) is 4.68. The van der Waals surface area contributed by atoms with Gasteiger partial charge in [0.15, 0.2) is 18.8 Å². The van der Waals surface area contributed by atoms with Gasteiger partial charge in [-0.15, -0.1) is 0 Å². The summed E-state index contributed by atoms with van der Waals surface area (Å²) in [5, 5.41) is 14.7. The van der Waals surface area contributed by atoms with Crippen molar-refractivity contribution in [2.45, 2.75) is 51.1 Å². The number of carboxylic acid groups (broad SMARTS) is 1. The van der Waals surface area contributed by atoms with Crippen LogP contribution in [0.3, 0.4) is 0 Å². The molecule has 1 aliphatic carbocycles. The largest absolute Gasteiger partial charge is 0.545 e. The summed E-state index contributed by atoms with van der Waals surface area (Å²) in [6.07, 6.45) is 5.13. The number of hydrogen-bond acceptors (Lipinski definition) is 5. The molecule has 3 heterocycles. The number of benzene rings is 2. The van der Waals surface area contributed by atoms with E-state index in [9.17, 15) is 19.1 Å². The third-order valence-corrected chi connectivity index (χ3v) is 12.8. The van der Waals surface area contributed by atoms with Gasteiger partial charge in [-0.25, -0.2) is 18.2 Å². The number of carboxylic acids is 1. The van der Waals surface area contributed by atoms with Gasteiger partial charge in [0, 0.05) is 23.4 Å². The van der Waals surface area contributed by atoms with E-state index < -0.39 is 31.9 Å². The van der Waals surface area contributed by atoms with Gasteiger partial charge >= 0.3 is 11.6 Å². The summed E-state index contributed by atoms with van der Waals surface area (Å²) < 4.78 is 35.3. The van der Waals surface area contributed by atoms with Gasteiger partial charge in [0.1, 0.15) is 14.2 Å². The van der Waals surface area contributed by atoms with Crippen LogP contribution >= 0.6 is 0 Å². The highest BCUT2D eigenvalue weighted by molar-refractivity contribution is 6.98. The van der Waals surface area contributed by atoms with E-state index in [0.717, 1.165) is 44.1 Å². The minimum Gasteiger partial charge on any atom is -0.545 e. The maximum absolute atomic E-state index is 15.0. The number of carbonyl (C=O) groups excluding carboxylic acids is 2. The number of aromatic carboxylic acids is 1. The zero-order valence-corrected chi connectivity index (χ0v) is 26.4. The molecule has 43 heavy (non-hydrogen) atoms. The molecule has 0 spiro atoms. The lowest BCUT2D eigenvalue weighted by Gasteiger charge is -2.41. The van der Waals surface area contributed by atoms with E-state index >= 15 is 4.39 Å². The number of nitrogens with zero attached hydrogens (tertiary/aromatic N) is 2. The maximum Gasteiger partial charge on any atom is 0.357 e. The van der Waals surface area contributed by atoms with E-state index in [1.165, 1.54) is 7.11 Å². The molecule has 2 aromatic rings. The maximum atomic E-state index is 15.0. The number of ether oxygens (including phenoxy) is 1. The van der Waals surface area contributed by atoms with Crippen LogP contribution in [0.2, 0.25) is 13.1 Å². The molecule has 0 amide bonds. The summed E-state index contributed by atoms with van der Waals surface area (Å²) in [6, 6.07) is 11.6. The smallest absolute Gasteiger partial charge is 0.357 e. The minimum absolute atomic E-state index is 0.0977. The van der Waals surface area contributed by atoms with Crippen molar-refractivity contribution in [3.05, 3.63) is 87.6 Å². The number of rotatable bonds is 4. The Hall–Kier alpha value is -3.85. The Kier molecular flexibility index (Phi) is 6.69. The van der Waals surface area contributed by atoms with Crippen LogP contribution in [-0.4, -0.2) is 75.4 Å². The van der Waals surface area contributed by atoms with Gasteiger partial charge in [0.05, 0.1) is 26.2 Å². The number of fused-ring (bicyclic) bond motifs is 2. The van der Waals surface area contributed by atoms with E-state index in [-0.39, 0.29) is 24.1 Å². The van der Waals surface area contributed by atoms with E-state index in [1.807, 2.05) is 45.9 Å². The van der Waals surface area contributed by atoms with Crippen molar-refractivity contribution in [2.24, 2.45) is 0 Å².